The van der Waals surface area contributed by atoms with Gasteiger partial charge in [0.15, 0.2) is 0 Å². The summed E-state index contributed by atoms with van der Waals surface area (Å²) in [5.74, 6) is 0. The molecule has 0 aliphatic heterocycles. The molecule has 0 aliphatic rings. The Kier molecular flexibility index (Phi) is 16.5. The van der Waals surface area contributed by atoms with Crippen molar-refractivity contribution in [2.75, 3.05) is 0 Å². The second-order valence-electron chi connectivity index (χ2n) is 26.3. The molecule has 0 bridgehead atoms. The number of fused-ring (bicyclic) bond motifs is 2. The predicted molar refractivity (Wildman–Crippen MR) is 441 cm³/mol. The lowest BCUT2D eigenvalue weighted by molar-refractivity contribution is 1.33. The molecule has 105 heavy (non-hydrogen) atoms. The lowest BCUT2D eigenvalue weighted by Crippen LogP contribution is -1.91. The van der Waals surface area contributed by atoms with E-state index in [9.17, 15) is 0 Å². The average molecular weight is 1340 g/mol. The van der Waals surface area contributed by atoms with Crippen molar-refractivity contribution in [2.24, 2.45) is 4.99 Å². The molecule has 7 heteroatoms. The highest BCUT2D eigenvalue weighted by atomic mass is 14.7. The van der Waals surface area contributed by atoms with Crippen LogP contribution in [-0.2, 0) is 0 Å². The van der Waals surface area contributed by atoms with Crippen LogP contribution >= 0.6 is 0 Å². The number of hydrogen-bond donors (Lipinski definition) is 0. The first-order chi connectivity index (χ1) is 52.0. The summed E-state index contributed by atoms with van der Waals surface area (Å²) in [5, 5.41) is 17.6. The third-order valence-electron chi connectivity index (χ3n) is 20.4. The van der Waals surface area contributed by atoms with E-state index in [0.717, 1.165) is 66.5 Å². The van der Waals surface area contributed by atoms with E-state index >= 15 is 0 Å². The van der Waals surface area contributed by atoms with Crippen LogP contribution in [0.2, 0.25) is 0 Å². The zero-order valence-electron chi connectivity index (χ0n) is 57.5. The van der Waals surface area contributed by atoms with Crippen molar-refractivity contribution < 1.29 is 0 Å². The van der Waals surface area contributed by atoms with Crippen molar-refractivity contribution >= 4 is 92.7 Å². The van der Waals surface area contributed by atoms with Gasteiger partial charge in [0.25, 0.3) is 0 Å². The minimum absolute atomic E-state index is 1.01. The summed E-state index contributed by atoms with van der Waals surface area (Å²) in [6.07, 6.45) is 21.8. The zero-order valence-corrected chi connectivity index (χ0v) is 57.5. The SMILES string of the molecule is C=CN=CC.c1cc(-c2ccc(-c3ccc4ccc5ccc(-c6cc(-c7ccncc7)cc(-c7ccncc7)c6)c6ccc3c4c56)cc2)c2cccnc2c1.c1cnc2c(-c3ccc(-c4ccc5ccc6ccc(-c7cc(-c8ccncc8)cc(-c8ccncc8)c7)c7ccc4c5c67)cc3)cccc2c1. The van der Waals surface area contributed by atoms with E-state index in [2.05, 4.69) is 316 Å². The molecule has 0 unspecified atom stereocenters. The molecule has 0 radical (unpaired) electrons. The molecule has 14 aromatic carbocycles. The van der Waals surface area contributed by atoms with Crippen LogP contribution in [0.1, 0.15) is 6.92 Å². The van der Waals surface area contributed by atoms with E-state index in [-0.39, 0.29) is 0 Å². The minimum atomic E-state index is 1.01. The van der Waals surface area contributed by atoms with E-state index < -0.39 is 0 Å². The van der Waals surface area contributed by atoms with Crippen molar-refractivity contribution in [3.05, 3.63) is 366 Å². The van der Waals surface area contributed by atoms with Crippen molar-refractivity contribution in [1.82, 2.24) is 29.9 Å². The summed E-state index contributed by atoms with van der Waals surface area (Å²) >= 11 is 0. The zero-order chi connectivity index (χ0) is 70.2. The molecule has 0 fully saturated rings. The fourth-order valence-corrected chi connectivity index (χ4v) is 15.5. The Morgan fingerprint density at radius 2 is 0.552 bits per heavy atom. The van der Waals surface area contributed by atoms with Gasteiger partial charge in [0.2, 0.25) is 0 Å². The van der Waals surface area contributed by atoms with Crippen molar-refractivity contribution in [3.63, 3.8) is 0 Å². The molecule has 0 amide bonds. The van der Waals surface area contributed by atoms with Crippen molar-refractivity contribution in [1.29, 1.82) is 0 Å². The second-order valence-corrected chi connectivity index (χ2v) is 26.3. The van der Waals surface area contributed by atoms with Gasteiger partial charge in [-0.1, -0.05) is 195 Å². The molecule has 6 aromatic heterocycles. The first kappa shape index (κ1) is 63.2. The second kappa shape index (κ2) is 27.5. The smallest absolute Gasteiger partial charge is 0.0780 e. The molecular formula is C98H65N7. The van der Waals surface area contributed by atoms with Crippen LogP contribution in [0.5, 0.6) is 0 Å². The molecule has 0 spiro atoms. The monoisotopic (exact) mass is 1340 g/mol. The fraction of sp³-hybridized carbons (Fsp3) is 0.0102. The maximum Gasteiger partial charge on any atom is 0.0780 e. The Labute approximate surface area is 607 Å². The molecule has 20 aromatic rings. The van der Waals surface area contributed by atoms with Gasteiger partial charge >= 0.3 is 0 Å². The Balaban J connectivity index is 0.000000140. The van der Waals surface area contributed by atoms with E-state index in [1.54, 1.807) is 6.21 Å². The first-order valence-electron chi connectivity index (χ1n) is 35.3. The number of pyridine rings is 6. The molecule has 0 aliphatic carbocycles. The van der Waals surface area contributed by atoms with Crippen molar-refractivity contribution in [3.8, 4) is 111 Å². The number of aliphatic imine (C=N–C) groups is 1. The highest BCUT2D eigenvalue weighted by Crippen LogP contribution is 2.47. The van der Waals surface area contributed by atoms with Gasteiger partial charge in [0, 0.05) is 90.7 Å². The van der Waals surface area contributed by atoms with E-state index in [1.807, 2.05) is 81.0 Å². The van der Waals surface area contributed by atoms with E-state index in [0.29, 0.717) is 0 Å². The molecule has 0 atom stereocenters. The molecule has 492 valence electrons. The summed E-state index contributed by atoms with van der Waals surface area (Å²) in [5.41, 5.74) is 25.6. The third kappa shape index (κ3) is 11.9. The number of hydrogen-bond acceptors (Lipinski definition) is 7. The highest BCUT2D eigenvalue weighted by molar-refractivity contribution is 6.29. The Morgan fingerprint density at radius 1 is 0.238 bits per heavy atom. The maximum absolute atomic E-state index is 4.69. The molecule has 0 N–H and O–H groups in total. The standard InChI is InChI=1S/2C47H29N3.C4H7N/c1-3-39(42-4-2-22-50-45(42)5-1)32-6-8-33(9-7-32)40-14-12-34-10-11-35-13-15-41(44-17-16-43(40)46(34)47(35)44)38-28-36(30-18-23-48-24-19-30)27-37(29-38)31-20-25-49-26-21-31;1-3-36-4-2-22-50-47(36)42(5-1)33-8-6-32(7-9-33)40-14-12-34-10-11-35-13-15-41(44-17-16-43(40)45(34)46(35)44)39-28-37(30-18-23-48-24-19-30)27-38(29-39)31-20-25-49-26-21-31;1-3-5-4-2/h2*1-29H;3-4H,1H2,2H3. The average Bonchev–Trinajstić information content (AvgIpc) is 0.729. The normalized spacial score (nSPS) is 11.5. The molecule has 20 rings (SSSR count). The van der Waals surface area contributed by atoms with Crippen molar-refractivity contribution in [2.45, 2.75) is 6.92 Å². The Hall–Kier alpha value is -14.0. The van der Waals surface area contributed by atoms with Gasteiger partial charge in [0.05, 0.1) is 11.0 Å². The maximum atomic E-state index is 4.69. The van der Waals surface area contributed by atoms with Crippen LogP contribution in [0.25, 0.3) is 198 Å². The summed E-state index contributed by atoms with van der Waals surface area (Å²) < 4.78 is 0. The molecule has 0 saturated carbocycles. The van der Waals surface area contributed by atoms with E-state index in [1.165, 1.54) is 137 Å². The van der Waals surface area contributed by atoms with Gasteiger partial charge in [-0.2, -0.15) is 0 Å². The molecule has 7 nitrogen and oxygen atoms in total. The van der Waals surface area contributed by atoms with Gasteiger partial charge < -0.3 is 0 Å². The number of nitrogens with zero attached hydrogens (tertiary/aromatic N) is 7. The van der Waals surface area contributed by atoms with Crippen LogP contribution in [0.15, 0.2) is 371 Å². The van der Waals surface area contributed by atoms with Gasteiger partial charge in [0.1, 0.15) is 0 Å². The Bertz CT molecular complexity index is 6120. The van der Waals surface area contributed by atoms with Gasteiger partial charge in [-0.25, -0.2) is 0 Å². The van der Waals surface area contributed by atoms with Crippen LogP contribution in [0.3, 0.4) is 0 Å². The number of rotatable bonds is 11. The predicted octanol–water partition coefficient (Wildman–Crippen LogP) is 25.7. The number of benzene rings is 14. The fourth-order valence-electron chi connectivity index (χ4n) is 15.5. The van der Waals surface area contributed by atoms with E-state index in [4.69, 9.17) is 4.98 Å². The number of aromatic nitrogens is 6. The van der Waals surface area contributed by atoms with Gasteiger partial charge in [-0.15, -0.1) is 0 Å². The highest BCUT2D eigenvalue weighted by Gasteiger charge is 2.20. The number of para-hydroxylation sites is 1. The van der Waals surface area contributed by atoms with Gasteiger partial charge in [-0.05, 0) is 280 Å². The molecule has 0 saturated heterocycles. The first-order valence-corrected chi connectivity index (χ1v) is 35.3. The summed E-state index contributed by atoms with van der Waals surface area (Å²) in [6.45, 7) is 5.20. The Morgan fingerprint density at radius 3 is 0.933 bits per heavy atom. The summed E-state index contributed by atoms with van der Waals surface area (Å²) in [7, 11) is 0. The van der Waals surface area contributed by atoms with Crippen LogP contribution in [-0.4, -0.2) is 36.1 Å². The topological polar surface area (TPSA) is 89.7 Å². The van der Waals surface area contributed by atoms with Crippen LogP contribution in [0, 0.1) is 0 Å². The molecule has 6 heterocycles. The van der Waals surface area contributed by atoms with Gasteiger partial charge in [-0.3, -0.25) is 34.9 Å². The quantitative estimate of drug-likeness (QED) is 0.0947. The minimum Gasteiger partial charge on any atom is -0.270 e. The van der Waals surface area contributed by atoms with Crippen LogP contribution in [0.4, 0.5) is 0 Å². The summed E-state index contributed by atoms with van der Waals surface area (Å²) in [4.78, 5) is 29.9. The lowest BCUT2D eigenvalue weighted by atomic mass is 9.86. The molecular weight excluding hydrogens is 1280 g/mol. The largest absolute Gasteiger partial charge is 0.270 e. The third-order valence-corrected chi connectivity index (χ3v) is 20.4. The lowest BCUT2D eigenvalue weighted by Gasteiger charge is -2.18. The van der Waals surface area contributed by atoms with Crippen LogP contribution < -0.4 is 0 Å². The summed E-state index contributed by atoms with van der Waals surface area (Å²) in [6, 6.07) is 106.